The number of aliphatic hydroxyl groups is 1. The van der Waals surface area contributed by atoms with E-state index in [1.165, 1.54) is 5.39 Å². The molecule has 0 aliphatic heterocycles. The summed E-state index contributed by atoms with van der Waals surface area (Å²) in [5.41, 5.74) is 1.75. The number of rotatable bonds is 4. The van der Waals surface area contributed by atoms with Crippen LogP contribution in [0.2, 0.25) is 0 Å². The van der Waals surface area contributed by atoms with Gasteiger partial charge in [0.2, 0.25) is 0 Å². The number of fused-ring (bicyclic) bond motifs is 1. The number of benzene rings is 2. The van der Waals surface area contributed by atoms with Crippen LogP contribution in [0.3, 0.4) is 0 Å². The molecule has 0 aliphatic carbocycles. The van der Waals surface area contributed by atoms with Crippen LogP contribution >= 0.6 is 0 Å². The molecule has 0 saturated carbocycles. The van der Waals surface area contributed by atoms with Crippen molar-refractivity contribution in [1.82, 2.24) is 9.55 Å². The predicted octanol–water partition coefficient (Wildman–Crippen LogP) is 3.53. The van der Waals surface area contributed by atoms with Gasteiger partial charge in [-0.05, 0) is 28.8 Å². The monoisotopic (exact) mass is 266 g/mol. The highest BCUT2D eigenvalue weighted by Gasteiger charge is 2.15. The van der Waals surface area contributed by atoms with E-state index in [0.29, 0.717) is 0 Å². The fourth-order valence-electron chi connectivity index (χ4n) is 2.54. The van der Waals surface area contributed by atoms with Gasteiger partial charge in [-0.2, -0.15) is 0 Å². The van der Waals surface area contributed by atoms with Crippen molar-refractivity contribution in [3.8, 4) is 0 Å². The second-order valence-electron chi connectivity index (χ2n) is 5.02. The van der Waals surface area contributed by atoms with E-state index >= 15 is 0 Å². The van der Waals surface area contributed by atoms with E-state index in [1.807, 2.05) is 28.8 Å². The molecule has 1 heterocycles. The molecule has 0 fully saturated rings. The third-order valence-electron chi connectivity index (χ3n) is 3.58. The summed E-state index contributed by atoms with van der Waals surface area (Å²) in [7, 11) is 0. The fourth-order valence-corrected chi connectivity index (χ4v) is 2.54. The topological polar surface area (TPSA) is 38.0 Å². The molecule has 102 valence electrons. The van der Waals surface area contributed by atoms with Crippen LogP contribution in [0.15, 0.2) is 55.0 Å². The van der Waals surface area contributed by atoms with E-state index in [0.717, 1.165) is 29.6 Å². The van der Waals surface area contributed by atoms with Crippen molar-refractivity contribution in [2.45, 2.75) is 26.0 Å². The zero-order chi connectivity index (χ0) is 13.9. The first kappa shape index (κ1) is 12.9. The maximum Gasteiger partial charge on any atom is 0.121 e. The van der Waals surface area contributed by atoms with Crippen molar-refractivity contribution in [3.05, 3.63) is 66.2 Å². The summed E-state index contributed by atoms with van der Waals surface area (Å²) in [4.78, 5) is 4.15. The van der Waals surface area contributed by atoms with Crippen LogP contribution in [0.4, 0.5) is 0 Å². The molecule has 0 bridgehead atoms. The lowest BCUT2D eigenvalue weighted by Crippen LogP contribution is -2.08. The Morgan fingerprint density at radius 1 is 1.15 bits per heavy atom. The number of aromatic nitrogens is 2. The molecule has 3 aromatic rings. The molecule has 1 aromatic heterocycles. The summed E-state index contributed by atoms with van der Waals surface area (Å²) in [6.07, 6.45) is 3.92. The van der Waals surface area contributed by atoms with Crippen molar-refractivity contribution in [1.29, 1.82) is 0 Å². The Bertz CT molecular complexity index is 718. The summed E-state index contributed by atoms with van der Waals surface area (Å²) >= 11 is 0. The first-order valence-electron chi connectivity index (χ1n) is 6.96. The van der Waals surface area contributed by atoms with E-state index in [-0.39, 0.29) is 0 Å². The molecular weight excluding hydrogens is 248 g/mol. The van der Waals surface area contributed by atoms with E-state index < -0.39 is 6.10 Å². The van der Waals surface area contributed by atoms with Gasteiger partial charge in [-0.3, -0.25) is 0 Å². The second kappa shape index (κ2) is 5.47. The lowest BCUT2D eigenvalue weighted by molar-refractivity contribution is 0.210. The van der Waals surface area contributed by atoms with E-state index in [4.69, 9.17) is 0 Å². The fraction of sp³-hybridized carbons (Fsp3) is 0.235. The molecule has 20 heavy (non-hydrogen) atoms. The molecular formula is C17H18N2O. The minimum Gasteiger partial charge on any atom is -0.382 e. The van der Waals surface area contributed by atoms with Crippen molar-refractivity contribution in [3.63, 3.8) is 0 Å². The van der Waals surface area contributed by atoms with Gasteiger partial charge in [0, 0.05) is 6.54 Å². The van der Waals surface area contributed by atoms with Crippen molar-refractivity contribution in [2.24, 2.45) is 0 Å². The van der Waals surface area contributed by atoms with Crippen LogP contribution in [0.25, 0.3) is 10.8 Å². The van der Waals surface area contributed by atoms with Crippen LogP contribution in [0.1, 0.15) is 30.7 Å². The van der Waals surface area contributed by atoms with Gasteiger partial charge in [-0.1, -0.05) is 43.3 Å². The Morgan fingerprint density at radius 2 is 1.95 bits per heavy atom. The molecule has 0 spiro atoms. The van der Waals surface area contributed by atoms with Gasteiger partial charge in [-0.25, -0.2) is 4.98 Å². The van der Waals surface area contributed by atoms with Gasteiger partial charge in [-0.15, -0.1) is 0 Å². The van der Waals surface area contributed by atoms with E-state index in [2.05, 4.69) is 30.1 Å². The first-order valence-corrected chi connectivity index (χ1v) is 6.96. The Balaban J connectivity index is 1.99. The van der Waals surface area contributed by atoms with Crippen LogP contribution in [0, 0.1) is 0 Å². The molecule has 3 heteroatoms. The maximum atomic E-state index is 10.6. The van der Waals surface area contributed by atoms with Gasteiger partial charge in [0.05, 0.1) is 18.2 Å². The first-order chi connectivity index (χ1) is 9.79. The molecule has 3 rings (SSSR count). The van der Waals surface area contributed by atoms with E-state index in [1.54, 1.807) is 12.5 Å². The third-order valence-corrected chi connectivity index (χ3v) is 3.58. The number of nitrogens with zero attached hydrogens (tertiary/aromatic N) is 2. The third kappa shape index (κ3) is 2.32. The number of aliphatic hydroxyl groups excluding tert-OH is 1. The zero-order valence-corrected chi connectivity index (χ0v) is 11.5. The molecule has 0 saturated heterocycles. The highest BCUT2D eigenvalue weighted by Crippen LogP contribution is 2.25. The average Bonchev–Trinajstić information content (AvgIpc) is 2.94. The van der Waals surface area contributed by atoms with Gasteiger partial charge in [0.15, 0.2) is 0 Å². The lowest BCUT2D eigenvalue weighted by Gasteiger charge is -2.14. The Hall–Kier alpha value is -2.13. The normalized spacial score (nSPS) is 12.7. The standard InChI is InChI=1S/C17H18N2O/c1-2-9-19-12-18-11-16(19)17(20)15-8-7-13-5-3-4-6-14(13)10-15/h3-8,10-12,17,20H,2,9H2,1H3. The van der Waals surface area contributed by atoms with Gasteiger partial charge in [0.25, 0.3) is 0 Å². The predicted molar refractivity (Wildman–Crippen MR) is 80.5 cm³/mol. The van der Waals surface area contributed by atoms with Crippen LogP contribution in [-0.4, -0.2) is 14.7 Å². The van der Waals surface area contributed by atoms with Crippen LogP contribution < -0.4 is 0 Å². The summed E-state index contributed by atoms with van der Waals surface area (Å²) in [6.45, 7) is 2.99. The summed E-state index contributed by atoms with van der Waals surface area (Å²) in [6, 6.07) is 14.3. The summed E-state index contributed by atoms with van der Waals surface area (Å²) in [5.74, 6) is 0. The molecule has 0 radical (unpaired) electrons. The largest absolute Gasteiger partial charge is 0.382 e. The molecule has 0 aliphatic rings. The Labute approximate surface area is 118 Å². The molecule has 1 atom stereocenters. The number of hydrogen-bond acceptors (Lipinski definition) is 2. The van der Waals surface area contributed by atoms with Crippen molar-refractivity contribution >= 4 is 10.8 Å². The van der Waals surface area contributed by atoms with Gasteiger partial charge < -0.3 is 9.67 Å². The molecule has 1 N–H and O–H groups in total. The number of imidazole rings is 1. The minimum absolute atomic E-state index is 0.631. The van der Waals surface area contributed by atoms with Crippen molar-refractivity contribution in [2.75, 3.05) is 0 Å². The second-order valence-corrected chi connectivity index (χ2v) is 5.02. The molecule has 0 amide bonds. The van der Waals surface area contributed by atoms with Gasteiger partial charge >= 0.3 is 0 Å². The minimum atomic E-state index is -0.631. The highest BCUT2D eigenvalue weighted by atomic mass is 16.3. The van der Waals surface area contributed by atoms with Crippen molar-refractivity contribution < 1.29 is 5.11 Å². The average molecular weight is 266 g/mol. The number of aryl methyl sites for hydroxylation is 1. The van der Waals surface area contributed by atoms with E-state index in [9.17, 15) is 5.11 Å². The maximum absolute atomic E-state index is 10.6. The smallest absolute Gasteiger partial charge is 0.121 e. The lowest BCUT2D eigenvalue weighted by atomic mass is 10.0. The number of hydrogen-bond donors (Lipinski definition) is 1. The zero-order valence-electron chi connectivity index (χ0n) is 11.5. The molecule has 2 aromatic carbocycles. The Morgan fingerprint density at radius 3 is 2.75 bits per heavy atom. The molecule has 1 unspecified atom stereocenters. The summed E-state index contributed by atoms with van der Waals surface area (Å²) < 4.78 is 2.01. The highest BCUT2D eigenvalue weighted by molar-refractivity contribution is 5.83. The van der Waals surface area contributed by atoms with Crippen LogP contribution in [0.5, 0.6) is 0 Å². The van der Waals surface area contributed by atoms with Gasteiger partial charge in [0.1, 0.15) is 6.10 Å². The van der Waals surface area contributed by atoms with Crippen LogP contribution in [-0.2, 0) is 6.54 Å². The quantitative estimate of drug-likeness (QED) is 0.784. The summed E-state index contributed by atoms with van der Waals surface area (Å²) in [5, 5.41) is 12.9. The molecule has 3 nitrogen and oxygen atoms in total. The Kier molecular flexibility index (Phi) is 3.52. The SMILES string of the molecule is CCCn1cncc1C(O)c1ccc2ccccc2c1.